The Bertz CT molecular complexity index is 1390. The van der Waals surface area contributed by atoms with Gasteiger partial charge in [0.15, 0.2) is 0 Å². The van der Waals surface area contributed by atoms with Crippen LogP contribution in [0.4, 0.5) is 14.5 Å². The molecule has 10 nitrogen and oxygen atoms in total. The van der Waals surface area contributed by atoms with Crippen LogP contribution in [-0.4, -0.2) is 75.4 Å². The maximum Gasteiger partial charge on any atom is 0.269 e. The van der Waals surface area contributed by atoms with Gasteiger partial charge in [0.2, 0.25) is 5.88 Å². The van der Waals surface area contributed by atoms with E-state index < -0.39 is 17.9 Å². The van der Waals surface area contributed by atoms with E-state index in [0.717, 1.165) is 32.0 Å². The number of rotatable bonds is 9. The molecule has 4 rings (SSSR count). The van der Waals surface area contributed by atoms with E-state index in [4.69, 9.17) is 14.2 Å². The van der Waals surface area contributed by atoms with Crippen molar-refractivity contribution >= 4 is 23.3 Å². The highest BCUT2D eigenvalue weighted by molar-refractivity contribution is 6.00. The number of nitrogens with one attached hydrogen (secondary N) is 3. The molecule has 3 N–H and O–H groups in total. The summed E-state index contributed by atoms with van der Waals surface area (Å²) < 4.78 is 45.1. The van der Waals surface area contributed by atoms with Crippen LogP contribution in [0.3, 0.4) is 0 Å². The number of amidine groups is 1. The van der Waals surface area contributed by atoms with E-state index in [1.807, 2.05) is 0 Å². The summed E-state index contributed by atoms with van der Waals surface area (Å²) in [5, 5.41) is 9.32. The van der Waals surface area contributed by atoms with E-state index in [1.54, 1.807) is 44.3 Å². The number of aliphatic imine (C=N–C) groups is 1. The molecule has 0 spiro atoms. The molecular formula is C30H35F2N5O5. The van der Waals surface area contributed by atoms with E-state index in [-0.39, 0.29) is 47.4 Å². The quantitative estimate of drug-likeness (QED) is 0.175. The molecule has 0 atom stereocenters. The molecule has 2 amide bonds. The fraction of sp³-hybridized carbons (Fsp3) is 0.367. The zero-order valence-corrected chi connectivity index (χ0v) is 23.8. The van der Waals surface area contributed by atoms with E-state index in [9.17, 15) is 18.4 Å². The molecule has 2 heterocycles. The van der Waals surface area contributed by atoms with Crippen molar-refractivity contribution in [1.82, 2.24) is 15.5 Å². The number of fused-ring (bicyclic) bond motifs is 1. The van der Waals surface area contributed by atoms with Crippen LogP contribution in [0.5, 0.6) is 17.2 Å². The second-order valence-electron chi connectivity index (χ2n) is 9.81. The maximum absolute atomic E-state index is 14.0. The predicted octanol–water partition coefficient (Wildman–Crippen LogP) is 4.21. The standard InChI is InChI=1S/C30H35F2N5O5/c1-5-21(27(31)32)29(42-24-8-6-7-23-26(24)30(39)37(3)15-16-41-23)35-18(2)34-22-10-9-19(17-25(22)40-4)28(38)36-20-11-13-33-14-12-20/h5-10,17,20,27,33H,1,11-16H2,2-4H3,(H,34,35)(H,36,38)/b29-21-. The number of piperidine rings is 1. The zero-order valence-electron chi connectivity index (χ0n) is 23.8. The molecule has 1 fully saturated rings. The number of hydrogen-bond acceptors (Lipinski definition) is 7. The number of carbonyl (C=O) groups excluding carboxylic acids is 2. The van der Waals surface area contributed by atoms with E-state index in [1.165, 1.54) is 18.1 Å². The Kier molecular flexibility index (Phi) is 10.1. The van der Waals surface area contributed by atoms with Crippen LogP contribution in [0.15, 0.2) is 65.5 Å². The van der Waals surface area contributed by atoms with E-state index >= 15 is 0 Å². The van der Waals surface area contributed by atoms with E-state index in [2.05, 4.69) is 27.5 Å². The van der Waals surface area contributed by atoms with Crippen LogP contribution in [0, 0.1) is 0 Å². The van der Waals surface area contributed by atoms with Gasteiger partial charge in [-0.05, 0) is 63.2 Å². The first-order valence-corrected chi connectivity index (χ1v) is 13.6. The number of methoxy groups -OCH3 is 1. The van der Waals surface area contributed by atoms with Gasteiger partial charge in [0.05, 0.1) is 24.9 Å². The van der Waals surface area contributed by atoms with Gasteiger partial charge in [-0.25, -0.2) is 8.78 Å². The molecular weight excluding hydrogens is 548 g/mol. The zero-order chi connectivity index (χ0) is 30.2. The van der Waals surface area contributed by atoms with Gasteiger partial charge in [0.1, 0.15) is 35.3 Å². The Labute approximate surface area is 243 Å². The summed E-state index contributed by atoms with van der Waals surface area (Å²) >= 11 is 0. The SMILES string of the molecule is C=C/C(=C(\N=C(/C)Nc1ccc(C(=O)NC2CCNCC2)cc1OC)Oc1cccc2c1C(=O)N(C)CCO2)C(F)F. The number of benzene rings is 2. The maximum atomic E-state index is 14.0. The van der Waals surface area contributed by atoms with Gasteiger partial charge < -0.3 is 35.1 Å². The van der Waals surface area contributed by atoms with Gasteiger partial charge >= 0.3 is 0 Å². The Morgan fingerprint density at radius 3 is 2.69 bits per heavy atom. The van der Waals surface area contributed by atoms with Crippen LogP contribution < -0.4 is 30.2 Å². The summed E-state index contributed by atoms with van der Waals surface area (Å²) in [5.74, 6) is -0.208. The van der Waals surface area contributed by atoms with Crippen molar-refractivity contribution in [3.8, 4) is 17.2 Å². The van der Waals surface area contributed by atoms with Gasteiger partial charge in [0, 0.05) is 18.7 Å². The van der Waals surface area contributed by atoms with Crippen molar-refractivity contribution in [3.05, 3.63) is 71.6 Å². The van der Waals surface area contributed by atoms with Crippen LogP contribution in [-0.2, 0) is 0 Å². The minimum atomic E-state index is -2.96. The number of alkyl halides is 2. The number of likely N-dealkylation sites (N-methyl/N-ethyl adjacent to an activating group) is 1. The highest BCUT2D eigenvalue weighted by atomic mass is 19.3. The normalized spacial score (nSPS) is 16.6. The van der Waals surface area contributed by atoms with Gasteiger partial charge in [-0.1, -0.05) is 18.7 Å². The third-order valence-corrected chi connectivity index (χ3v) is 6.86. The Balaban J connectivity index is 1.61. The molecule has 0 aromatic heterocycles. The predicted molar refractivity (Wildman–Crippen MR) is 156 cm³/mol. The van der Waals surface area contributed by atoms with Crippen molar-refractivity contribution in [2.45, 2.75) is 32.2 Å². The Morgan fingerprint density at radius 2 is 2.00 bits per heavy atom. The van der Waals surface area contributed by atoms with Gasteiger partial charge in [0.25, 0.3) is 18.2 Å². The number of ether oxygens (including phenoxy) is 3. The number of allylic oxidation sites excluding steroid dienone is 2. The van der Waals surface area contributed by atoms with Crippen molar-refractivity contribution in [3.63, 3.8) is 0 Å². The molecule has 12 heteroatoms. The smallest absolute Gasteiger partial charge is 0.269 e. The molecule has 0 radical (unpaired) electrons. The fourth-order valence-corrected chi connectivity index (χ4v) is 4.58. The van der Waals surface area contributed by atoms with Crippen LogP contribution in [0.25, 0.3) is 0 Å². The number of carbonyl (C=O) groups is 2. The first-order chi connectivity index (χ1) is 20.2. The second kappa shape index (κ2) is 13.9. The second-order valence-corrected chi connectivity index (χ2v) is 9.81. The summed E-state index contributed by atoms with van der Waals surface area (Å²) in [6.07, 6.45) is -0.298. The van der Waals surface area contributed by atoms with E-state index in [0.29, 0.717) is 23.5 Å². The molecule has 0 aliphatic carbocycles. The molecule has 42 heavy (non-hydrogen) atoms. The monoisotopic (exact) mass is 583 g/mol. The molecule has 0 saturated carbocycles. The summed E-state index contributed by atoms with van der Waals surface area (Å²) in [7, 11) is 3.07. The van der Waals surface area contributed by atoms with Gasteiger partial charge in [-0.2, -0.15) is 4.99 Å². The molecule has 1 saturated heterocycles. The van der Waals surface area contributed by atoms with Gasteiger partial charge in [-0.15, -0.1) is 0 Å². The number of hydrogen-bond donors (Lipinski definition) is 3. The fourth-order valence-electron chi connectivity index (χ4n) is 4.58. The Morgan fingerprint density at radius 1 is 1.24 bits per heavy atom. The van der Waals surface area contributed by atoms with Crippen LogP contribution in [0.2, 0.25) is 0 Å². The topological polar surface area (TPSA) is 114 Å². The number of nitrogens with zero attached hydrogens (tertiary/aromatic N) is 2. The molecule has 0 bridgehead atoms. The molecule has 2 aliphatic heterocycles. The number of amides is 2. The van der Waals surface area contributed by atoms with Crippen LogP contribution in [0.1, 0.15) is 40.5 Å². The van der Waals surface area contributed by atoms with Gasteiger partial charge in [-0.3, -0.25) is 9.59 Å². The summed E-state index contributed by atoms with van der Waals surface area (Å²) in [5.41, 5.74) is 0.407. The minimum Gasteiger partial charge on any atom is -0.495 e. The lowest BCUT2D eigenvalue weighted by atomic mass is 10.1. The lowest BCUT2D eigenvalue weighted by Crippen LogP contribution is -2.42. The Hall–Kier alpha value is -4.45. The van der Waals surface area contributed by atoms with Crippen molar-refractivity contribution < 1.29 is 32.6 Å². The molecule has 2 aromatic rings. The minimum absolute atomic E-state index is 0.0134. The summed E-state index contributed by atoms with van der Waals surface area (Å²) in [6, 6.07) is 9.67. The average Bonchev–Trinajstić information content (AvgIpc) is 3.11. The number of anilines is 1. The summed E-state index contributed by atoms with van der Waals surface area (Å²) in [4.78, 5) is 31.6. The average molecular weight is 584 g/mol. The van der Waals surface area contributed by atoms with Crippen molar-refractivity contribution in [2.75, 3.05) is 45.7 Å². The van der Waals surface area contributed by atoms with Crippen LogP contribution >= 0.6 is 0 Å². The highest BCUT2D eigenvalue weighted by Gasteiger charge is 2.27. The molecule has 2 aliphatic rings. The third-order valence-electron chi connectivity index (χ3n) is 6.86. The lowest BCUT2D eigenvalue weighted by molar-refractivity contribution is 0.0793. The lowest BCUT2D eigenvalue weighted by Gasteiger charge is -2.23. The third kappa shape index (κ3) is 7.24. The largest absolute Gasteiger partial charge is 0.495 e. The molecule has 224 valence electrons. The summed E-state index contributed by atoms with van der Waals surface area (Å²) in [6.45, 7) is 7.38. The first-order valence-electron chi connectivity index (χ1n) is 13.6. The van der Waals surface area contributed by atoms with Crippen molar-refractivity contribution in [1.29, 1.82) is 0 Å². The van der Waals surface area contributed by atoms with Crippen molar-refractivity contribution in [2.24, 2.45) is 4.99 Å². The molecule has 0 unspecified atom stereocenters. The highest BCUT2D eigenvalue weighted by Crippen LogP contribution is 2.34. The molecule has 2 aromatic carbocycles. The number of halogens is 2. The first kappa shape index (κ1) is 30.5.